The van der Waals surface area contributed by atoms with Gasteiger partial charge < -0.3 is 10.1 Å². The first kappa shape index (κ1) is 12.0. The van der Waals surface area contributed by atoms with Crippen LogP contribution >= 0.6 is 0 Å². The molecule has 1 aromatic heterocycles. The van der Waals surface area contributed by atoms with Crippen LogP contribution in [0.2, 0.25) is 0 Å². The lowest BCUT2D eigenvalue weighted by Crippen LogP contribution is -2.37. The van der Waals surface area contributed by atoms with Gasteiger partial charge in [-0.25, -0.2) is 14.6 Å². The number of esters is 1. The van der Waals surface area contributed by atoms with Crippen molar-refractivity contribution in [1.29, 1.82) is 0 Å². The molecule has 3 amide bonds. The Kier molecular flexibility index (Phi) is 3.46. The van der Waals surface area contributed by atoms with Crippen molar-refractivity contribution in [3.05, 3.63) is 24.3 Å². The molecule has 1 aliphatic rings. The van der Waals surface area contributed by atoms with Gasteiger partial charge in [0.15, 0.2) is 12.3 Å². The Hall–Kier alpha value is -2.51. The van der Waals surface area contributed by atoms with Crippen LogP contribution in [0.25, 0.3) is 0 Å². The van der Waals surface area contributed by atoms with E-state index in [4.69, 9.17) is 4.74 Å². The maximum absolute atomic E-state index is 11.5. The van der Waals surface area contributed by atoms with E-state index in [-0.39, 0.29) is 12.2 Å². The van der Waals surface area contributed by atoms with Crippen molar-refractivity contribution >= 4 is 17.9 Å². The first-order chi connectivity index (χ1) is 8.68. The van der Waals surface area contributed by atoms with Gasteiger partial charge in [0, 0.05) is 25.5 Å². The topological polar surface area (TPSA) is 101 Å². The van der Waals surface area contributed by atoms with Crippen molar-refractivity contribution in [2.45, 2.75) is 0 Å². The van der Waals surface area contributed by atoms with Gasteiger partial charge in [-0.1, -0.05) is 0 Å². The number of aromatic nitrogens is 2. The van der Waals surface area contributed by atoms with Gasteiger partial charge in [-0.3, -0.25) is 14.7 Å². The fourth-order valence-electron chi connectivity index (χ4n) is 1.39. The minimum Gasteiger partial charge on any atom is -0.451 e. The number of hydrogen-bond acceptors (Lipinski definition) is 6. The smallest absolute Gasteiger partial charge is 0.359 e. The van der Waals surface area contributed by atoms with Gasteiger partial charge in [0.25, 0.3) is 5.91 Å². The molecule has 0 unspecified atom stereocenters. The molecule has 2 rings (SSSR count). The highest BCUT2D eigenvalue weighted by Crippen LogP contribution is 2.00. The van der Waals surface area contributed by atoms with Crippen LogP contribution in [0.1, 0.15) is 10.5 Å². The van der Waals surface area contributed by atoms with E-state index in [9.17, 15) is 14.4 Å². The van der Waals surface area contributed by atoms with Crippen molar-refractivity contribution in [3.63, 3.8) is 0 Å². The molecule has 94 valence electrons. The second-order valence-corrected chi connectivity index (χ2v) is 3.44. The van der Waals surface area contributed by atoms with Crippen LogP contribution in [-0.4, -0.2) is 52.5 Å². The molecule has 1 N–H and O–H groups in total. The average Bonchev–Trinajstić information content (AvgIpc) is 2.83. The summed E-state index contributed by atoms with van der Waals surface area (Å²) in [5.74, 6) is -1.32. The van der Waals surface area contributed by atoms with Gasteiger partial charge in [0.05, 0.1) is 6.20 Å². The van der Waals surface area contributed by atoms with Gasteiger partial charge in [-0.2, -0.15) is 0 Å². The molecule has 0 atom stereocenters. The number of carbonyl (C=O) groups excluding carboxylic acids is 3. The minimum absolute atomic E-state index is 0.0103. The first-order valence-electron chi connectivity index (χ1n) is 5.20. The number of carbonyl (C=O) groups is 3. The van der Waals surface area contributed by atoms with E-state index < -0.39 is 24.5 Å². The fraction of sp³-hybridized carbons (Fsp3) is 0.300. The summed E-state index contributed by atoms with van der Waals surface area (Å²) in [6.07, 6.45) is 3.98. The van der Waals surface area contributed by atoms with Gasteiger partial charge in [0.1, 0.15) is 0 Å². The number of nitrogens with one attached hydrogen (secondary N) is 1. The molecule has 1 aromatic rings. The molecule has 1 fully saturated rings. The second-order valence-electron chi connectivity index (χ2n) is 3.44. The minimum atomic E-state index is -0.754. The Bertz CT molecular complexity index is 476. The van der Waals surface area contributed by atoms with Crippen LogP contribution in [0, 0.1) is 0 Å². The summed E-state index contributed by atoms with van der Waals surface area (Å²) in [4.78, 5) is 42.6. The molecule has 8 heteroatoms. The predicted molar refractivity (Wildman–Crippen MR) is 57.4 cm³/mol. The molecular formula is C10H10N4O4. The Balaban J connectivity index is 1.86. The maximum atomic E-state index is 11.5. The van der Waals surface area contributed by atoms with Gasteiger partial charge in [-0.05, 0) is 0 Å². The van der Waals surface area contributed by atoms with Gasteiger partial charge in [-0.15, -0.1) is 0 Å². The highest BCUT2D eigenvalue weighted by atomic mass is 16.5. The molecule has 1 aliphatic heterocycles. The van der Waals surface area contributed by atoms with E-state index in [2.05, 4.69) is 15.3 Å². The zero-order valence-electron chi connectivity index (χ0n) is 9.33. The maximum Gasteiger partial charge on any atom is 0.359 e. The highest BCUT2D eigenvalue weighted by molar-refractivity contribution is 5.97. The summed E-state index contributed by atoms with van der Waals surface area (Å²) in [6, 6.07) is -0.476. The van der Waals surface area contributed by atoms with E-state index in [1.165, 1.54) is 18.6 Å². The summed E-state index contributed by atoms with van der Waals surface area (Å²) in [5, 5.41) is 2.47. The van der Waals surface area contributed by atoms with E-state index >= 15 is 0 Å². The Labute approximate surface area is 102 Å². The normalized spacial score (nSPS) is 14.2. The van der Waals surface area contributed by atoms with Crippen LogP contribution in [0.4, 0.5) is 4.79 Å². The van der Waals surface area contributed by atoms with Gasteiger partial charge in [0.2, 0.25) is 0 Å². The Morgan fingerprint density at radius 2 is 2.28 bits per heavy atom. The summed E-state index contributed by atoms with van der Waals surface area (Å²) in [6.45, 7) is 0.186. The largest absolute Gasteiger partial charge is 0.451 e. The van der Waals surface area contributed by atoms with Crippen molar-refractivity contribution < 1.29 is 19.1 Å². The van der Waals surface area contributed by atoms with Crippen LogP contribution in [0.15, 0.2) is 18.6 Å². The molecule has 0 bridgehead atoms. The van der Waals surface area contributed by atoms with E-state index in [1.807, 2.05) is 0 Å². The third-order valence-electron chi connectivity index (χ3n) is 2.26. The molecule has 0 aliphatic carbocycles. The standard InChI is InChI=1S/C10H10N4O4/c15-8(14-4-3-13-10(14)17)6-18-9(16)7-5-11-1-2-12-7/h1-2,5H,3-4,6H2,(H,13,17). The highest BCUT2D eigenvalue weighted by Gasteiger charge is 2.26. The summed E-state index contributed by atoms with van der Waals surface area (Å²) in [7, 11) is 0. The number of rotatable bonds is 3. The lowest BCUT2D eigenvalue weighted by molar-refractivity contribution is -0.130. The SMILES string of the molecule is O=C(OCC(=O)N1CCNC1=O)c1cnccn1. The van der Waals surface area contributed by atoms with Crippen LogP contribution in [-0.2, 0) is 9.53 Å². The Morgan fingerprint density at radius 1 is 1.44 bits per heavy atom. The molecule has 18 heavy (non-hydrogen) atoms. The quantitative estimate of drug-likeness (QED) is 0.703. The lowest BCUT2D eigenvalue weighted by Gasteiger charge is -2.11. The number of hydrogen-bond donors (Lipinski definition) is 1. The molecule has 1 saturated heterocycles. The molecule has 0 aromatic carbocycles. The van der Waals surface area contributed by atoms with Crippen molar-refractivity contribution in [2.75, 3.05) is 19.7 Å². The zero-order valence-corrected chi connectivity index (χ0v) is 9.33. The van der Waals surface area contributed by atoms with E-state index in [1.54, 1.807) is 0 Å². The Morgan fingerprint density at radius 3 is 2.89 bits per heavy atom. The van der Waals surface area contributed by atoms with E-state index in [0.29, 0.717) is 6.54 Å². The molecular weight excluding hydrogens is 240 g/mol. The zero-order chi connectivity index (χ0) is 13.0. The fourth-order valence-corrected chi connectivity index (χ4v) is 1.39. The summed E-state index contributed by atoms with van der Waals surface area (Å²) in [5.41, 5.74) is 0.0103. The third kappa shape index (κ3) is 2.59. The summed E-state index contributed by atoms with van der Waals surface area (Å²) < 4.78 is 4.74. The number of urea groups is 1. The molecule has 8 nitrogen and oxygen atoms in total. The first-order valence-corrected chi connectivity index (χ1v) is 5.20. The van der Waals surface area contributed by atoms with E-state index in [0.717, 1.165) is 4.90 Å². The summed E-state index contributed by atoms with van der Waals surface area (Å²) >= 11 is 0. The lowest BCUT2D eigenvalue weighted by atomic mass is 10.4. The molecule has 0 spiro atoms. The number of ether oxygens (including phenoxy) is 1. The molecule has 0 saturated carbocycles. The number of amides is 3. The predicted octanol–water partition coefficient (Wildman–Crippen LogP) is -0.815. The number of imide groups is 1. The molecule has 2 heterocycles. The van der Waals surface area contributed by atoms with Gasteiger partial charge >= 0.3 is 12.0 Å². The average molecular weight is 250 g/mol. The third-order valence-corrected chi connectivity index (χ3v) is 2.26. The van der Waals surface area contributed by atoms with Crippen LogP contribution in [0.3, 0.4) is 0 Å². The van der Waals surface area contributed by atoms with Crippen molar-refractivity contribution in [2.24, 2.45) is 0 Å². The second kappa shape index (κ2) is 5.21. The van der Waals surface area contributed by atoms with Crippen LogP contribution < -0.4 is 5.32 Å². The van der Waals surface area contributed by atoms with Crippen molar-refractivity contribution in [3.8, 4) is 0 Å². The molecule has 0 radical (unpaired) electrons. The van der Waals surface area contributed by atoms with Crippen LogP contribution in [0.5, 0.6) is 0 Å². The number of nitrogens with zero attached hydrogens (tertiary/aromatic N) is 3. The monoisotopic (exact) mass is 250 g/mol. The van der Waals surface area contributed by atoms with Crippen molar-refractivity contribution in [1.82, 2.24) is 20.2 Å².